The van der Waals surface area contributed by atoms with Gasteiger partial charge in [0.1, 0.15) is 0 Å². The van der Waals surface area contributed by atoms with Crippen molar-refractivity contribution in [2.45, 2.75) is 19.8 Å². The molecule has 0 aromatic carbocycles. The van der Waals surface area contributed by atoms with Crippen molar-refractivity contribution in [2.75, 3.05) is 25.1 Å². The zero-order chi connectivity index (χ0) is 12.3. The number of rotatable bonds is 3. The van der Waals surface area contributed by atoms with Gasteiger partial charge in [0.2, 0.25) is 0 Å². The highest BCUT2D eigenvalue weighted by atomic mass is 79.9. The van der Waals surface area contributed by atoms with E-state index in [1.54, 1.807) is 6.20 Å². The van der Waals surface area contributed by atoms with Crippen LogP contribution in [0, 0.1) is 11.2 Å². The summed E-state index contributed by atoms with van der Waals surface area (Å²) in [6, 6.07) is 1.42. The minimum atomic E-state index is -0.324. The normalized spacial score (nSPS) is 19.0. The summed E-state index contributed by atoms with van der Waals surface area (Å²) in [5, 5.41) is 3.09. The Bertz CT molecular complexity index is 394. The SMILES string of the molecule is CC1(CNc2ncc(Br)cc2F)CCOCC1. The first kappa shape index (κ1) is 12.8. The molecule has 1 aliphatic heterocycles. The molecule has 1 aliphatic rings. The van der Waals surface area contributed by atoms with Crippen LogP contribution in [-0.4, -0.2) is 24.7 Å². The number of nitrogens with one attached hydrogen (secondary N) is 1. The Morgan fingerprint density at radius 2 is 2.24 bits per heavy atom. The molecule has 17 heavy (non-hydrogen) atoms. The van der Waals surface area contributed by atoms with Gasteiger partial charge in [-0.2, -0.15) is 0 Å². The van der Waals surface area contributed by atoms with Crippen molar-refractivity contribution in [3.05, 3.63) is 22.6 Å². The third-order valence-corrected chi connectivity index (χ3v) is 3.62. The first-order valence-electron chi connectivity index (χ1n) is 5.72. The third kappa shape index (κ3) is 3.39. The van der Waals surface area contributed by atoms with Crippen LogP contribution >= 0.6 is 15.9 Å². The highest BCUT2D eigenvalue weighted by Crippen LogP contribution is 2.30. The molecule has 1 saturated heterocycles. The fraction of sp³-hybridized carbons (Fsp3) is 0.583. The Morgan fingerprint density at radius 3 is 2.88 bits per heavy atom. The van der Waals surface area contributed by atoms with E-state index in [2.05, 4.69) is 33.2 Å². The second-order valence-corrected chi connectivity index (χ2v) is 5.68. The van der Waals surface area contributed by atoms with Crippen LogP contribution in [-0.2, 0) is 4.74 Å². The summed E-state index contributed by atoms with van der Waals surface area (Å²) in [6.45, 7) is 4.49. The summed E-state index contributed by atoms with van der Waals surface area (Å²) < 4.78 is 19.5. The van der Waals surface area contributed by atoms with E-state index in [-0.39, 0.29) is 11.2 Å². The lowest BCUT2D eigenvalue weighted by Crippen LogP contribution is -2.33. The van der Waals surface area contributed by atoms with Crippen LogP contribution in [0.2, 0.25) is 0 Å². The Morgan fingerprint density at radius 1 is 1.53 bits per heavy atom. The first-order valence-corrected chi connectivity index (χ1v) is 6.51. The summed E-state index contributed by atoms with van der Waals surface area (Å²) in [7, 11) is 0. The number of anilines is 1. The molecule has 0 aliphatic carbocycles. The van der Waals surface area contributed by atoms with Crippen molar-refractivity contribution in [1.29, 1.82) is 0 Å². The Labute approximate surface area is 109 Å². The summed E-state index contributed by atoms with van der Waals surface area (Å²) in [5.74, 6) is -0.00375. The van der Waals surface area contributed by atoms with Gasteiger partial charge in [0, 0.05) is 30.4 Å². The van der Waals surface area contributed by atoms with E-state index in [4.69, 9.17) is 4.74 Å². The molecule has 1 aromatic heterocycles. The van der Waals surface area contributed by atoms with Crippen LogP contribution < -0.4 is 5.32 Å². The van der Waals surface area contributed by atoms with E-state index >= 15 is 0 Å². The van der Waals surface area contributed by atoms with Crippen LogP contribution in [0.15, 0.2) is 16.7 Å². The lowest BCUT2D eigenvalue weighted by Gasteiger charge is -2.33. The number of hydrogen-bond donors (Lipinski definition) is 1. The maximum Gasteiger partial charge on any atom is 0.166 e. The standard InChI is InChI=1S/C12H16BrFN2O/c1-12(2-4-17-5-3-12)8-16-11-10(14)6-9(13)7-15-11/h6-7H,2-5,8H2,1H3,(H,15,16). The molecular weight excluding hydrogens is 287 g/mol. The average Bonchev–Trinajstić information content (AvgIpc) is 2.29. The smallest absolute Gasteiger partial charge is 0.166 e. The summed E-state index contributed by atoms with van der Waals surface area (Å²) in [4.78, 5) is 4.03. The molecule has 3 nitrogen and oxygen atoms in total. The highest BCUT2D eigenvalue weighted by Gasteiger charge is 2.27. The molecule has 0 bridgehead atoms. The molecule has 0 radical (unpaired) electrons. The second-order valence-electron chi connectivity index (χ2n) is 4.76. The van der Waals surface area contributed by atoms with E-state index < -0.39 is 0 Å². The highest BCUT2D eigenvalue weighted by molar-refractivity contribution is 9.10. The largest absolute Gasteiger partial charge is 0.381 e. The minimum absolute atomic E-state index is 0.166. The van der Waals surface area contributed by atoms with Gasteiger partial charge in [0.25, 0.3) is 0 Å². The predicted molar refractivity (Wildman–Crippen MR) is 68.5 cm³/mol. The van der Waals surface area contributed by atoms with Gasteiger partial charge in [-0.15, -0.1) is 0 Å². The number of aromatic nitrogens is 1. The Kier molecular flexibility index (Phi) is 3.99. The second kappa shape index (κ2) is 5.31. The molecule has 0 spiro atoms. The van der Waals surface area contributed by atoms with Crippen LogP contribution in [0.5, 0.6) is 0 Å². The van der Waals surface area contributed by atoms with E-state index in [1.807, 2.05) is 0 Å². The van der Waals surface area contributed by atoms with Gasteiger partial charge >= 0.3 is 0 Å². The third-order valence-electron chi connectivity index (χ3n) is 3.19. The summed E-state index contributed by atoms with van der Waals surface area (Å²) in [6.07, 6.45) is 3.59. The zero-order valence-corrected chi connectivity index (χ0v) is 11.4. The van der Waals surface area contributed by atoms with Crippen molar-refractivity contribution in [2.24, 2.45) is 5.41 Å². The first-order chi connectivity index (χ1) is 8.09. The minimum Gasteiger partial charge on any atom is -0.381 e. The van der Waals surface area contributed by atoms with Gasteiger partial charge < -0.3 is 10.1 Å². The van der Waals surface area contributed by atoms with Crippen LogP contribution in [0.1, 0.15) is 19.8 Å². The van der Waals surface area contributed by atoms with Crippen molar-refractivity contribution < 1.29 is 9.13 Å². The fourth-order valence-corrected chi connectivity index (χ4v) is 2.19. The number of ether oxygens (including phenoxy) is 1. The van der Waals surface area contributed by atoms with Gasteiger partial charge in [-0.25, -0.2) is 9.37 Å². The molecule has 2 heterocycles. The van der Waals surface area contributed by atoms with E-state index in [0.717, 1.165) is 32.6 Å². The number of nitrogens with zero attached hydrogens (tertiary/aromatic N) is 1. The van der Waals surface area contributed by atoms with Crippen LogP contribution in [0.3, 0.4) is 0 Å². The molecule has 2 rings (SSSR count). The van der Waals surface area contributed by atoms with Crippen molar-refractivity contribution >= 4 is 21.7 Å². The predicted octanol–water partition coefficient (Wildman–Crippen LogP) is 3.21. The average molecular weight is 303 g/mol. The van der Waals surface area contributed by atoms with Gasteiger partial charge in [0.05, 0.1) is 0 Å². The molecule has 5 heteroatoms. The molecule has 0 atom stereocenters. The van der Waals surface area contributed by atoms with Crippen LogP contribution in [0.25, 0.3) is 0 Å². The van der Waals surface area contributed by atoms with Gasteiger partial charge in [-0.3, -0.25) is 0 Å². The molecule has 94 valence electrons. The quantitative estimate of drug-likeness (QED) is 0.931. The lowest BCUT2D eigenvalue weighted by atomic mass is 9.82. The van der Waals surface area contributed by atoms with E-state index in [9.17, 15) is 4.39 Å². The fourth-order valence-electron chi connectivity index (χ4n) is 1.88. The Hall–Kier alpha value is -0.680. The lowest BCUT2D eigenvalue weighted by molar-refractivity contribution is 0.0299. The molecular formula is C12H16BrFN2O. The summed E-state index contributed by atoms with van der Waals surface area (Å²) in [5.41, 5.74) is 0.166. The van der Waals surface area contributed by atoms with E-state index in [0.29, 0.717) is 10.3 Å². The van der Waals surface area contributed by atoms with Crippen LogP contribution in [0.4, 0.5) is 10.2 Å². The molecule has 1 N–H and O–H groups in total. The van der Waals surface area contributed by atoms with Gasteiger partial charge in [-0.1, -0.05) is 6.92 Å². The molecule has 0 amide bonds. The number of pyridine rings is 1. The zero-order valence-electron chi connectivity index (χ0n) is 9.80. The topological polar surface area (TPSA) is 34.2 Å². The van der Waals surface area contributed by atoms with Crippen molar-refractivity contribution in [1.82, 2.24) is 4.98 Å². The number of halogens is 2. The maximum absolute atomic E-state index is 13.5. The van der Waals surface area contributed by atoms with Gasteiger partial charge in [-0.05, 0) is 40.3 Å². The summed E-state index contributed by atoms with van der Waals surface area (Å²) >= 11 is 3.19. The maximum atomic E-state index is 13.5. The monoisotopic (exact) mass is 302 g/mol. The van der Waals surface area contributed by atoms with Crippen molar-refractivity contribution in [3.63, 3.8) is 0 Å². The van der Waals surface area contributed by atoms with Gasteiger partial charge in [0.15, 0.2) is 11.6 Å². The Balaban J connectivity index is 1.97. The molecule has 0 unspecified atom stereocenters. The molecule has 1 aromatic rings. The number of hydrogen-bond acceptors (Lipinski definition) is 3. The van der Waals surface area contributed by atoms with E-state index in [1.165, 1.54) is 6.07 Å². The molecule has 0 saturated carbocycles. The van der Waals surface area contributed by atoms with Crippen molar-refractivity contribution in [3.8, 4) is 0 Å². The molecule has 1 fully saturated rings.